The van der Waals surface area contributed by atoms with Crippen LogP contribution >= 0.6 is 0 Å². The summed E-state index contributed by atoms with van der Waals surface area (Å²) < 4.78 is 0. The zero-order chi connectivity index (χ0) is 12.3. The van der Waals surface area contributed by atoms with Gasteiger partial charge < -0.3 is 0 Å². The summed E-state index contributed by atoms with van der Waals surface area (Å²) >= 11 is 0. The highest BCUT2D eigenvalue weighted by molar-refractivity contribution is 5.85. The van der Waals surface area contributed by atoms with E-state index in [-0.39, 0.29) is 17.4 Å². The highest BCUT2D eigenvalue weighted by atomic mass is 16.6. The Morgan fingerprint density at radius 3 is 2.47 bits per heavy atom. The lowest BCUT2D eigenvalue weighted by atomic mass is 9.91. The van der Waals surface area contributed by atoms with Gasteiger partial charge in [0.2, 0.25) is 0 Å². The van der Waals surface area contributed by atoms with E-state index in [9.17, 15) is 14.9 Å². The highest BCUT2D eigenvalue weighted by Crippen LogP contribution is 2.29. The van der Waals surface area contributed by atoms with Crippen LogP contribution < -0.4 is 0 Å². The highest BCUT2D eigenvalue weighted by Gasteiger charge is 2.22. The van der Waals surface area contributed by atoms with Crippen LogP contribution in [0.4, 0.5) is 5.69 Å². The fourth-order valence-electron chi connectivity index (χ4n) is 2.34. The monoisotopic (exact) mass is 233 g/mol. The number of nitro groups is 1. The third-order valence-corrected chi connectivity index (χ3v) is 3.31. The SMILES string of the molecule is O=C1CCCCC[C@H]1c1ccc([N+](=O)[O-])cc1. The second-order valence-corrected chi connectivity index (χ2v) is 4.47. The quantitative estimate of drug-likeness (QED) is 0.447. The van der Waals surface area contributed by atoms with Crippen molar-refractivity contribution in [2.75, 3.05) is 0 Å². The van der Waals surface area contributed by atoms with Crippen molar-refractivity contribution < 1.29 is 9.72 Å². The Labute approximate surface area is 99.8 Å². The summed E-state index contributed by atoms with van der Waals surface area (Å²) in [7, 11) is 0. The van der Waals surface area contributed by atoms with E-state index in [2.05, 4.69) is 0 Å². The second kappa shape index (κ2) is 5.08. The van der Waals surface area contributed by atoms with Gasteiger partial charge in [-0.05, 0) is 18.4 Å². The van der Waals surface area contributed by atoms with Crippen molar-refractivity contribution in [3.63, 3.8) is 0 Å². The van der Waals surface area contributed by atoms with Gasteiger partial charge in [-0.1, -0.05) is 25.0 Å². The van der Waals surface area contributed by atoms with Gasteiger partial charge in [0.05, 0.1) is 4.92 Å². The normalized spacial score (nSPS) is 20.9. The van der Waals surface area contributed by atoms with Gasteiger partial charge >= 0.3 is 0 Å². The molecule has 0 aliphatic heterocycles. The van der Waals surface area contributed by atoms with Gasteiger partial charge in [-0.15, -0.1) is 0 Å². The molecule has 1 aromatic rings. The summed E-state index contributed by atoms with van der Waals surface area (Å²) in [4.78, 5) is 22.0. The average molecular weight is 233 g/mol. The predicted octanol–water partition coefficient (Wildman–Crippen LogP) is 3.21. The van der Waals surface area contributed by atoms with Gasteiger partial charge in [-0.2, -0.15) is 0 Å². The number of carbonyl (C=O) groups excluding carboxylic acids is 1. The number of hydrogen-bond acceptors (Lipinski definition) is 3. The van der Waals surface area contributed by atoms with Crippen LogP contribution in [0.15, 0.2) is 24.3 Å². The molecular weight excluding hydrogens is 218 g/mol. The van der Waals surface area contributed by atoms with Crippen molar-refractivity contribution in [3.05, 3.63) is 39.9 Å². The zero-order valence-corrected chi connectivity index (χ0v) is 9.59. The second-order valence-electron chi connectivity index (χ2n) is 4.47. The molecule has 1 aliphatic carbocycles. The van der Waals surface area contributed by atoms with E-state index in [1.54, 1.807) is 12.1 Å². The Balaban J connectivity index is 2.20. The first-order valence-corrected chi connectivity index (χ1v) is 5.95. The summed E-state index contributed by atoms with van der Waals surface area (Å²) in [6.07, 6.45) is 4.66. The Morgan fingerprint density at radius 2 is 1.82 bits per heavy atom. The molecule has 4 heteroatoms. The molecule has 90 valence electrons. The zero-order valence-electron chi connectivity index (χ0n) is 9.59. The number of carbonyl (C=O) groups is 1. The molecule has 2 rings (SSSR count). The maximum atomic E-state index is 11.9. The molecule has 0 bridgehead atoms. The number of benzene rings is 1. The number of rotatable bonds is 2. The van der Waals surface area contributed by atoms with Crippen LogP contribution in [0.2, 0.25) is 0 Å². The molecule has 0 unspecified atom stereocenters. The number of non-ortho nitro benzene ring substituents is 1. The van der Waals surface area contributed by atoms with Crippen molar-refractivity contribution in [1.82, 2.24) is 0 Å². The predicted molar refractivity (Wildman–Crippen MR) is 63.9 cm³/mol. The van der Waals surface area contributed by atoms with Gasteiger partial charge in [0, 0.05) is 24.5 Å². The lowest BCUT2D eigenvalue weighted by Gasteiger charge is -2.12. The minimum Gasteiger partial charge on any atom is -0.299 e. The molecule has 0 N–H and O–H groups in total. The standard InChI is InChI=1S/C13H15NO3/c15-13-5-3-1-2-4-12(13)10-6-8-11(9-7-10)14(16)17/h6-9,12H,1-5H2/t12-/m0/s1. The summed E-state index contributed by atoms with van der Waals surface area (Å²) in [5.74, 6) is 0.217. The topological polar surface area (TPSA) is 60.2 Å². The lowest BCUT2D eigenvalue weighted by molar-refractivity contribution is -0.384. The third-order valence-electron chi connectivity index (χ3n) is 3.31. The van der Waals surface area contributed by atoms with Gasteiger partial charge in [0.1, 0.15) is 5.78 Å². The maximum Gasteiger partial charge on any atom is 0.269 e. The van der Waals surface area contributed by atoms with Gasteiger partial charge in [-0.3, -0.25) is 14.9 Å². The number of ketones is 1. The fraction of sp³-hybridized carbons (Fsp3) is 0.462. The van der Waals surface area contributed by atoms with Crippen LogP contribution in [0.5, 0.6) is 0 Å². The molecule has 1 aliphatic rings. The van der Waals surface area contributed by atoms with Gasteiger partial charge in [-0.25, -0.2) is 0 Å². The van der Waals surface area contributed by atoms with Crippen LogP contribution in [-0.2, 0) is 4.79 Å². The minimum atomic E-state index is -0.418. The van der Waals surface area contributed by atoms with Crippen LogP contribution in [-0.4, -0.2) is 10.7 Å². The number of Topliss-reactive ketones (excluding diaryl/α,β-unsaturated/α-hetero) is 1. The van der Waals surface area contributed by atoms with E-state index in [4.69, 9.17) is 0 Å². The van der Waals surface area contributed by atoms with Crippen molar-refractivity contribution in [2.45, 2.75) is 38.0 Å². The molecule has 0 saturated heterocycles. The molecule has 1 atom stereocenters. The van der Waals surface area contributed by atoms with Crippen molar-refractivity contribution in [2.24, 2.45) is 0 Å². The number of nitro benzene ring substituents is 1. The van der Waals surface area contributed by atoms with Crippen molar-refractivity contribution in [3.8, 4) is 0 Å². The lowest BCUT2D eigenvalue weighted by Crippen LogP contribution is -2.10. The largest absolute Gasteiger partial charge is 0.299 e. The number of nitrogens with zero attached hydrogens (tertiary/aromatic N) is 1. The molecular formula is C13H15NO3. The molecule has 0 spiro atoms. The first-order valence-electron chi connectivity index (χ1n) is 5.95. The molecule has 0 radical (unpaired) electrons. The molecule has 1 aromatic carbocycles. The molecule has 4 nitrogen and oxygen atoms in total. The third kappa shape index (κ3) is 2.70. The number of hydrogen-bond donors (Lipinski definition) is 0. The smallest absolute Gasteiger partial charge is 0.269 e. The van der Waals surface area contributed by atoms with E-state index in [1.807, 2.05) is 0 Å². The van der Waals surface area contributed by atoms with E-state index in [1.165, 1.54) is 12.1 Å². The van der Waals surface area contributed by atoms with Gasteiger partial charge in [0.15, 0.2) is 0 Å². The van der Waals surface area contributed by atoms with Crippen LogP contribution in [0.1, 0.15) is 43.6 Å². The molecule has 0 heterocycles. The van der Waals surface area contributed by atoms with Crippen molar-refractivity contribution >= 4 is 11.5 Å². The Morgan fingerprint density at radius 1 is 1.12 bits per heavy atom. The fourth-order valence-corrected chi connectivity index (χ4v) is 2.34. The first-order chi connectivity index (χ1) is 8.18. The molecule has 0 aromatic heterocycles. The minimum absolute atomic E-state index is 0.0571. The Hall–Kier alpha value is -1.71. The van der Waals surface area contributed by atoms with Crippen LogP contribution in [0.3, 0.4) is 0 Å². The van der Waals surface area contributed by atoms with Crippen LogP contribution in [0.25, 0.3) is 0 Å². The summed E-state index contributed by atoms with van der Waals surface area (Å²) in [6, 6.07) is 6.39. The van der Waals surface area contributed by atoms with E-state index < -0.39 is 4.92 Å². The molecule has 0 amide bonds. The summed E-state index contributed by atoms with van der Waals surface area (Å²) in [5.41, 5.74) is 0.998. The summed E-state index contributed by atoms with van der Waals surface area (Å²) in [6.45, 7) is 0. The van der Waals surface area contributed by atoms with Gasteiger partial charge in [0.25, 0.3) is 5.69 Å². The Bertz CT molecular complexity index is 425. The Kier molecular flexibility index (Phi) is 3.52. The van der Waals surface area contributed by atoms with Crippen molar-refractivity contribution in [1.29, 1.82) is 0 Å². The van der Waals surface area contributed by atoms with E-state index in [0.717, 1.165) is 31.2 Å². The first kappa shape index (κ1) is 11.8. The molecule has 1 fully saturated rings. The summed E-state index contributed by atoms with van der Waals surface area (Å²) in [5, 5.41) is 10.5. The van der Waals surface area contributed by atoms with Crippen LogP contribution in [0, 0.1) is 10.1 Å². The molecule has 17 heavy (non-hydrogen) atoms. The maximum absolute atomic E-state index is 11.9. The van der Waals surface area contributed by atoms with E-state index in [0.29, 0.717) is 6.42 Å². The molecule has 1 saturated carbocycles. The average Bonchev–Trinajstić information content (AvgIpc) is 2.54. The van der Waals surface area contributed by atoms with E-state index >= 15 is 0 Å².